The minimum Gasteiger partial charge on any atom is -0.468 e. The van der Waals surface area contributed by atoms with Crippen molar-refractivity contribution in [2.24, 2.45) is 0 Å². The van der Waals surface area contributed by atoms with Gasteiger partial charge in [-0.3, -0.25) is 4.79 Å². The van der Waals surface area contributed by atoms with Crippen molar-refractivity contribution in [1.82, 2.24) is 20.2 Å². The van der Waals surface area contributed by atoms with Crippen molar-refractivity contribution in [3.63, 3.8) is 0 Å². The lowest BCUT2D eigenvalue weighted by Crippen LogP contribution is -2.43. The van der Waals surface area contributed by atoms with E-state index in [4.69, 9.17) is 9.15 Å². The molecule has 7 nitrogen and oxygen atoms in total. The lowest BCUT2D eigenvalue weighted by atomic mass is 9.81. The summed E-state index contributed by atoms with van der Waals surface area (Å²) in [5, 5.41) is 3.04. The van der Waals surface area contributed by atoms with Gasteiger partial charge in [-0.25, -0.2) is 14.4 Å². The molecule has 1 fully saturated rings. The van der Waals surface area contributed by atoms with Gasteiger partial charge in [0.25, 0.3) is 5.91 Å². The standard InChI is InChI=1S/C28H32F4N4O3/c1-18-33-23-16-20(2-4-24(23)39-18)26(37)34-21-6-10-27(29,11-7-21)12-15-36-13-8-19-3-5-25(35-22(19)9-14-36)38-17-28(30,31)32/h2-5,16,21H,6-15,17H2,1H3,(H,34,37). The molecule has 0 radical (unpaired) electrons. The number of nitrogens with one attached hydrogen (secondary N) is 1. The van der Waals surface area contributed by atoms with Gasteiger partial charge in [0.15, 0.2) is 18.1 Å². The molecule has 1 N–H and O–H groups in total. The summed E-state index contributed by atoms with van der Waals surface area (Å²) >= 11 is 0. The Morgan fingerprint density at radius 3 is 2.69 bits per heavy atom. The number of aryl methyl sites for hydroxylation is 1. The molecule has 210 valence electrons. The highest BCUT2D eigenvalue weighted by molar-refractivity contribution is 5.97. The number of hydrogen-bond acceptors (Lipinski definition) is 6. The maximum absolute atomic E-state index is 15.7. The van der Waals surface area contributed by atoms with Crippen LogP contribution < -0.4 is 10.1 Å². The SMILES string of the molecule is Cc1nc2cc(C(=O)NC3CCC(F)(CCN4CCc5ccc(OCC(F)(F)F)nc5CC4)CC3)ccc2o1. The third kappa shape index (κ3) is 7.06. The molecule has 1 saturated carbocycles. The minimum atomic E-state index is -4.41. The molecular formula is C28H32F4N4O3. The van der Waals surface area contributed by atoms with E-state index in [1.165, 1.54) is 6.07 Å². The van der Waals surface area contributed by atoms with Crippen molar-refractivity contribution < 1.29 is 31.5 Å². The van der Waals surface area contributed by atoms with Crippen molar-refractivity contribution in [1.29, 1.82) is 0 Å². The molecule has 2 aliphatic rings. The molecule has 0 saturated heterocycles. The Morgan fingerprint density at radius 1 is 1.15 bits per heavy atom. The van der Waals surface area contributed by atoms with E-state index < -0.39 is 18.5 Å². The molecule has 2 aromatic heterocycles. The highest BCUT2D eigenvalue weighted by Crippen LogP contribution is 2.35. The second kappa shape index (κ2) is 11.1. The Morgan fingerprint density at radius 2 is 1.92 bits per heavy atom. The molecule has 39 heavy (non-hydrogen) atoms. The van der Waals surface area contributed by atoms with Crippen LogP contribution in [0.15, 0.2) is 34.7 Å². The Labute approximate surface area is 223 Å². The fourth-order valence-corrected chi connectivity index (χ4v) is 5.41. The number of fused-ring (bicyclic) bond motifs is 2. The topological polar surface area (TPSA) is 80.5 Å². The predicted octanol–water partition coefficient (Wildman–Crippen LogP) is 5.34. The van der Waals surface area contributed by atoms with E-state index in [0.29, 0.717) is 80.6 Å². The van der Waals surface area contributed by atoms with E-state index in [1.807, 2.05) is 0 Å². The maximum atomic E-state index is 15.7. The first kappa shape index (κ1) is 27.4. The van der Waals surface area contributed by atoms with Crippen LogP contribution in [0.25, 0.3) is 11.1 Å². The number of oxazole rings is 1. The molecule has 1 aliphatic heterocycles. The van der Waals surface area contributed by atoms with E-state index in [9.17, 15) is 18.0 Å². The lowest BCUT2D eigenvalue weighted by Gasteiger charge is -2.35. The molecule has 1 amide bonds. The first-order chi connectivity index (χ1) is 18.6. The molecule has 5 rings (SSSR count). The van der Waals surface area contributed by atoms with Crippen LogP contribution in [0.4, 0.5) is 17.6 Å². The Bertz CT molecular complexity index is 1320. The predicted molar refractivity (Wildman–Crippen MR) is 137 cm³/mol. The summed E-state index contributed by atoms with van der Waals surface area (Å²) in [7, 11) is 0. The summed E-state index contributed by atoms with van der Waals surface area (Å²) in [4.78, 5) is 23.5. The molecule has 0 spiro atoms. The van der Waals surface area contributed by atoms with E-state index >= 15 is 4.39 Å². The molecular weight excluding hydrogens is 516 g/mol. The van der Waals surface area contributed by atoms with Gasteiger partial charge in [-0.1, -0.05) is 6.07 Å². The average Bonchev–Trinajstić information content (AvgIpc) is 3.15. The number of nitrogens with zero attached hydrogens (tertiary/aromatic N) is 3. The van der Waals surface area contributed by atoms with Gasteiger partial charge in [-0.2, -0.15) is 13.2 Å². The number of rotatable bonds is 7. The van der Waals surface area contributed by atoms with E-state index in [2.05, 4.69) is 20.2 Å². The summed E-state index contributed by atoms with van der Waals surface area (Å²) in [5.74, 6) is 0.317. The second-order valence-corrected chi connectivity index (χ2v) is 10.6. The number of benzene rings is 1. The number of hydrogen-bond donors (Lipinski definition) is 1. The zero-order valence-corrected chi connectivity index (χ0v) is 21.8. The molecule has 1 aliphatic carbocycles. The quantitative estimate of drug-likeness (QED) is 0.402. The number of aromatic nitrogens is 2. The van der Waals surface area contributed by atoms with E-state index in [-0.39, 0.29) is 17.8 Å². The number of ether oxygens (including phenoxy) is 1. The molecule has 0 unspecified atom stereocenters. The van der Waals surface area contributed by atoms with Crippen LogP contribution in [-0.2, 0) is 12.8 Å². The molecule has 3 aromatic rings. The summed E-state index contributed by atoms with van der Waals surface area (Å²) in [6, 6.07) is 8.31. The molecule has 11 heteroatoms. The molecule has 0 atom stereocenters. The Kier molecular flexibility index (Phi) is 7.80. The van der Waals surface area contributed by atoms with Gasteiger partial charge in [0.1, 0.15) is 11.2 Å². The van der Waals surface area contributed by atoms with Crippen molar-refractivity contribution in [2.75, 3.05) is 26.2 Å². The highest BCUT2D eigenvalue weighted by Gasteiger charge is 2.36. The van der Waals surface area contributed by atoms with Crippen LogP contribution in [0.5, 0.6) is 5.88 Å². The van der Waals surface area contributed by atoms with Crippen molar-refractivity contribution in [2.45, 2.75) is 69.8 Å². The smallest absolute Gasteiger partial charge is 0.422 e. The lowest BCUT2D eigenvalue weighted by molar-refractivity contribution is -0.154. The Balaban J connectivity index is 1.07. The number of carbonyl (C=O) groups is 1. The van der Waals surface area contributed by atoms with Crippen LogP contribution >= 0.6 is 0 Å². The number of halogens is 4. The third-order valence-electron chi connectivity index (χ3n) is 7.64. The number of pyridine rings is 1. The number of alkyl halides is 4. The van der Waals surface area contributed by atoms with Crippen molar-refractivity contribution in [3.8, 4) is 5.88 Å². The zero-order chi connectivity index (χ0) is 27.6. The average molecular weight is 549 g/mol. The summed E-state index contributed by atoms with van der Waals surface area (Å²) < 4.78 is 63.2. The first-order valence-electron chi connectivity index (χ1n) is 13.3. The van der Waals surface area contributed by atoms with Gasteiger partial charge >= 0.3 is 6.18 Å². The number of carbonyl (C=O) groups excluding carboxylic acids is 1. The van der Waals surface area contributed by atoms with Crippen LogP contribution in [-0.4, -0.2) is 64.9 Å². The first-order valence-corrected chi connectivity index (χ1v) is 13.3. The van der Waals surface area contributed by atoms with Crippen LogP contribution in [0, 0.1) is 6.92 Å². The fraction of sp³-hybridized carbons (Fsp3) is 0.536. The van der Waals surface area contributed by atoms with E-state index in [1.54, 1.807) is 31.2 Å². The maximum Gasteiger partial charge on any atom is 0.422 e. The van der Waals surface area contributed by atoms with Crippen LogP contribution in [0.1, 0.15) is 59.6 Å². The van der Waals surface area contributed by atoms with Gasteiger partial charge in [0.05, 0.1) is 0 Å². The van der Waals surface area contributed by atoms with Gasteiger partial charge in [-0.05, 0) is 62.3 Å². The van der Waals surface area contributed by atoms with Gasteiger partial charge < -0.3 is 19.4 Å². The fourth-order valence-electron chi connectivity index (χ4n) is 5.41. The van der Waals surface area contributed by atoms with Gasteiger partial charge in [0, 0.05) is 56.3 Å². The number of amides is 1. The molecule has 0 bridgehead atoms. The molecule has 3 heterocycles. The summed E-state index contributed by atoms with van der Waals surface area (Å²) in [5.41, 5.74) is 2.21. The normalized spacial score (nSPS) is 22.3. The summed E-state index contributed by atoms with van der Waals surface area (Å²) in [6.45, 7) is 2.38. The van der Waals surface area contributed by atoms with Crippen LogP contribution in [0.3, 0.4) is 0 Å². The van der Waals surface area contributed by atoms with Gasteiger partial charge in [-0.15, -0.1) is 0 Å². The minimum absolute atomic E-state index is 0.0279. The van der Waals surface area contributed by atoms with E-state index in [0.717, 1.165) is 17.8 Å². The third-order valence-corrected chi connectivity index (χ3v) is 7.64. The monoisotopic (exact) mass is 548 g/mol. The summed E-state index contributed by atoms with van der Waals surface area (Å²) in [6.07, 6.45) is -0.817. The van der Waals surface area contributed by atoms with Crippen LogP contribution in [0.2, 0.25) is 0 Å². The van der Waals surface area contributed by atoms with Crippen molar-refractivity contribution in [3.05, 3.63) is 53.0 Å². The largest absolute Gasteiger partial charge is 0.468 e. The highest BCUT2D eigenvalue weighted by atomic mass is 19.4. The molecule has 1 aromatic carbocycles. The van der Waals surface area contributed by atoms with Crippen molar-refractivity contribution >= 4 is 17.0 Å². The Hall–Kier alpha value is -3.21. The zero-order valence-electron chi connectivity index (χ0n) is 21.8. The second-order valence-electron chi connectivity index (χ2n) is 10.6. The van der Waals surface area contributed by atoms with Gasteiger partial charge in [0.2, 0.25) is 5.88 Å².